The van der Waals surface area contributed by atoms with Crippen molar-refractivity contribution in [1.82, 2.24) is 4.90 Å². The van der Waals surface area contributed by atoms with Gasteiger partial charge in [-0.1, -0.05) is 0 Å². The number of halogens is 3. The Bertz CT molecular complexity index is 666. The third-order valence-corrected chi connectivity index (χ3v) is 3.33. The molecular formula is C12H9F3N2O4S. The Balaban J connectivity index is 2.22. The van der Waals surface area contributed by atoms with Crippen molar-refractivity contribution < 1.29 is 27.3 Å². The van der Waals surface area contributed by atoms with Gasteiger partial charge in [0.05, 0.1) is 6.07 Å². The molecule has 0 aliphatic heterocycles. The molecule has 6 nitrogen and oxygen atoms in total. The summed E-state index contributed by atoms with van der Waals surface area (Å²) in [5.74, 6) is -2.27. The zero-order valence-corrected chi connectivity index (χ0v) is 11.7. The Morgan fingerprint density at radius 1 is 1.36 bits per heavy atom. The number of hydrogen-bond donors (Lipinski definition) is 0. The van der Waals surface area contributed by atoms with Gasteiger partial charge >= 0.3 is 12.1 Å². The van der Waals surface area contributed by atoms with E-state index in [1.54, 1.807) is 16.8 Å². The van der Waals surface area contributed by atoms with Gasteiger partial charge in [0, 0.05) is 6.54 Å². The fraction of sp³-hybridized carbons (Fsp3) is 0.250. The van der Waals surface area contributed by atoms with Crippen molar-refractivity contribution >= 4 is 23.1 Å². The zero-order chi connectivity index (χ0) is 16.3. The standard InChI is InChI=1S/C12H9F3N2O4S/c13-12(14,15)7-16(5-8-3-4-22-6-8)11(18)9-1-2-10(21-9)17(19)20/h1-4,6H,5,7H2. The molecule has 0 N–H and O–H groups in total. The highest BCUT2D eigenvalue weighted by molar-refractivity contribution is 7.07. The van der Waals surface area contributed by atoms with E-state index in [-0.39, 0.29) is 6.54 Å². The number of carbonyl (C=O) groups excluding carboxylic acids is 1. The lowest BCUT2D eigenvalue weighted by atomic mass is 10.3. The number of furan rings is 1. The highest BCUT2D eigenvalue weighted by Gasteiger charge is 2.34. The number of rotatable bonds is 5. The lowest BCUT2D eigenvalue weighted by molar-refractivity contribution is -0.402. The molecule has 0 spiro atoms. The first-order chi connectivity index (χ1) is 10.3. The first kappa shape index (κ1) is 16.0. The molecule has 118 valence electrons. The molecule has 0 saturated heterocycles. The number of nitrogens with zero attached hydrogens (tertiary/aromatic N) is 2. The second-order valence-electron chi connectivity index (χ2n) is 4.30. The first-order valence-electron chi connectivity index (χ1n) is 5.87. The average molecular weight is 334 g/mol. The first-order valence-corrected chi connectivity index (χ1v) is 6.82. The average Bonchev–Trinajstić information content (AvgIpc) is 3.06. The van der Waals surface area contributed by atoms with Gasteiger partial charge in [-0.2, -0.15) is 24.5 Å². The van der Waals surface area contributed by atoms with E-state index in [0.717, 1.165) is 12.1 Å². The lowest BCUT2D eigenvalue weighted by Gasteiger charge is -2.22. The van der Waals surface area contributed by atoms with E-state index in [2.05, 4.69) is 4.42 Å². The molecule has 1 amide bonds. The summed E-state index contributed by atoms with van der Waals surface area (Å²) < 4.78 is 42.5. The number of amides is 1. The SMILES string of the molecule is O=C(c1ccc([N+](=O)[O-])o1)N(Cc1ccsc1)CC(F)(F)F. The van der Waals surface area contributed by atoms with Crippen LogP contribution < -0.4 is 0 Å². The second kappa shape index (κ2) is 6.18. The Hall–Kier alpha value is -2.36. The quantitative estimate of drug-likeness (QED) is 0.620. The number of hydrogen-bond acceptors (Lipinski definition) is 5. The molecule has 0 unspecified atom stereocenters. The van der Waals surface area contributed by atoms with Gasteiger partial charge in [-0.05, 0) is 28.5 Å². The maximum atomic E-state index is 12.6. The molecule has 0 aromatic carbocycles. The summed E-state index contributed by atoms with van der Waals surface area (Å²) in [5.41, 5.74) is 0.531. The Morgan fingerprint density at radius 2 is 2.09 bits per heavy atom. The molecule has 2 rings (SSSR count). The van der Waals surface area contributed by atoms with Crippen LogP contribution in [-0.2, 0) is 6.54 Å². The Kier molecular flexibility index (Phi) is 4.50. The van der Waals surface area contributed by atoms with Gasteiger partial charge in [0.2, 0.25) is 0 Å². The molecule has 0 atom stereocenters. The molecule has 0 aliphatic rings. The van der Waals surface area contributed by atoms with Crippen LogP contribution in [0.5, 0.6) is 0 Å². The normalized spacial score (nSPS) is 11.4. The predicted octanol–water partition coefficient (Wildman–Crippen LogP) is 3.45. The smallest absolute Gasteiger partial charge is 0.395 e. The van der Waals surface area contributed by atoms with Crippen LogP contribution in [0.3, 0.4) is 0 Å². The van der Waals surface area contributed by atoms with Gasteiger partial charge in [0.25, 0.3) is 5.91 Å². The van der Waals surface area contributed by atoms with Gasteiger partial charge in [-0.3, -0.25) is 14.9 Å². The van der Waals surface area contributed by atoms with Crippen LogP contribution in [0.25, 0.3) is 0 Å². The van der Waals surface area contributed by atoms with Gasteiger partial charge in [-0.25, -0.2) is 0 Å². The van der Waals surface area contributed by atoms with Crippen molar-refractivity contribution in [3.63, 3.8) is 0 Å². The van der Waals surface area contributed by atoms with Crippen LogP contribution >= 0.6 is 11.3 Å². The number of thiophene rings is 1. The minimum atomic E-state index is -4.59. The maximum Gasteiger partial charge on any atom is 0.433 e. The van der Waals surface area contributed by atoms with E-state index in [0.29, 0.717) is 10.5 Å². The zero-order valence-electron chi connectivity index (χ0n) is 10.9. The molecule has 0 bridgehead atoms. The van der Waals surface area contributed by atoms with Gasteiger partial charge in [-0.15, -0.1) is 0 Å². The summed E-state index contributed by atoms with van der Waals surface area (Å²) in [6.07, 6.45) is -4.59. The number of carbonyl (C=O) groups is 1. The monoisotopic (exact) mass is 334 g/mol. The summed E-state index contributed by atoms with van der Waals surface area (Å²) in [5, 5.41) is 13.8. The lowest BCUT2D eigenvalue weighted by Crippen LogP contribution is -2.38. The topological polar surface area (TPSA) is 76.6 Å². The van der Waals surface area contributed by atoms with E-state index in [1.807, 2.05) is 0 Å². The van der Waals surface area contributed by atoms with Crippen molar-refractivity contribution in [1.29, 1.82) is 0 Å². The Labute approximate surface area is 125 Å². The van der Waals surface area contributed by atoms with E-state index in [9.17, 15) is 28.1 Å². The van der Waals surface area contributed by atoms with Crippen LogP contribution in [0, 0.1) is 10.1 Å². The molecule has 0 saturated carbocycles. The molecule has 0 fully saturated rings. The highest BCUT2D eigenvalue weighted by atomic mass is 32.1. The maximum absolute atomic E-state index is 12.6. The van der Waals surface area contributed by atoms with Crippen LogP contribution in [0.1, 0.15) is 16.1 Å². The summed E-state index contributed by atoms with van der Waals surface area (Å²) in [6, 6.07) is 3.49. The molecule has 0 radical (unpaired) electrons. The third-order valence-electron chi connectivity index (χ3n) is 2.59. The minimum Gasteiger partial charge on any atom is -0.395 e. The fourth-order valence-electron chi connectivity index (χ4n) is 1.72. The highest BCUT2D eigenvalue weighted by Crippen LogP contribution is 2.23. The molecule has 2 aromatic rings. The van der Waals surface area contributed by atoms with E-state index in [4.69, 9.17) is 0 Å². The van der Waals surface area contributed by atoms with Crippen LogP contribution in [0.2, 0.25) is 0 Å². The molecular weight excluding hydrogens is 325 g/mol. The van der Waals surface area contributed by atoms with Crippen LogP contribution in [0.15, 0.2) is 33.4 Å². The Morgan fingerprint density at radius 3 is 2.59 bits per heavy atom. The second-order valence-corrected chi connectivity index (χ2v) is 5.08. The van der Waals surface area contributed by atoms with Crippen molar-refractivity contribution in [2.24, 2.45) is 0 Å². The summed E-state index contributed by atoms with van der Waals surface area (Å²) in [6.45, 7) is -1.74. The van der Waals surface area contributed by atoms with Crippen molar-refractivity contribution in [3.05, 3.63) is 50.4 Å². The largest absolute Gasteiger partial charge is 0.433 e. The summed E-state index contributed by atoms with van der Waals surface area (Å²) in [4.78, 5) is 22.3. The van der Waals surface area contributed by atoms with Crippen LogP contribution in [-0.4, -0.2) is 28.5 Å². The number of alkyl halides is 3. The van der Waals surface area contributed by atoms with Crippen LogP contribution in [0.4, 0.5) is 19.1 Å². The summed E-state index contributed by atoms with van der Waals surface area (Å²) >= 11 is 1.28. The van der Waals surface area contributed by atoms with Crippen molar-refractivity contribution in [2.45, 2.75) is 12.7 Å². The molecule has 2 heterocycles. The minimum absolute atomic E-state index is 0.268. The molecule has 0 aliphatic carbocycles. The van der Waals surface area contributed by atoms with Gasteiger partial charge in [0.15, 0.2) is 5.76 Å². The summed E-state index contributed by atoms with van der Waals surface area (Å²) in [7, 11) is 0. The fourth-order valence-corrected chi connectivity index (χ4v) is 2.38. The molecule has 22 heavy (non-hydrogen) atoms. The molecule has 2 aromatic heterocycles. The van der Waals surface area contributed by atoms with E-state index < -0.39 is 35.2 Å². The third kappa shape index (κ3) is 4.07. The van der Waals surface area contributed by atoms with E-state index >= 15 is 0 Å². The van der Waals surface area contributed by atoms with Gasteiger partial charge in [0.1, 0.15) is 11.5 Å². The van der Waals surface area contributed by atoms with Gasteiger partial charge < -0.3 is 9.32 Å². The number of nitro groups is 1. The van der Waals surface area contributed by atoms with Crippen molar-refractivity contribution in [3.8, 4) is 0 Å². The van der Waals surface area contributed by atoms with E-state index in [1.165, 1.54) is 11.3 Å². The predicted molar refractivity (Wildman–Crippen MR) is 70.5 cm³/mol. The van der Waals surface area contributed by atoms with Crippen molar-refractivity contribution in [2.75, 3.05) is 6.54 Å². The molecule has 10 heteroatoms.